The van der Waals surface area contributed by atoms with E-state index in [0.717, 1.165) is 12.8 Å². The first kappa shape index (κ1) is 14.1. The summed E-state index contributed by atoms with van der Waals surface area (Å²) in [6.45, 7) is 7.72. The fourth-order valence-corrected chi connectivity index (χ4v) is 0.530. The van der Waals surface area contributed by atoms with E-state index in [4.69, 9.17) is 0 Å². The minimum atomic E-state index is 0. The van der Waals surface area contributed by atoms with Gasteiger partial charge in [-0.05, 0) is 6.42 Å². The van der Waals surface area contributed by atoms with Crippen molar-refractivity contribution in [2.75, 3.05) is 0 Å². The second-order valence-corrected chi connectivity index (χ2v) is 2.43. The van der Waals surface area contributed by atoms with E-state index in [0.29, 0.717) is 0 Å². The number of nitrogens with one attached hydrogen (secondary N) is 1. The van der Waals surface area contributed by atoms with Crippen LogP contribution in [0.25, 0.3) is 0 Å². The van der Waals surface area contributed by atoms with Gasteiger partial charge in [-0.2, -0.15) is 6.42 Å². The molecule has 0 saturated carbocycles. The van der Waals surface area contributed by atoms with E-state index in [1.165, 1.54) is 0 Å². The Balaban J connectivity index is 0. The van der Waals surface area contributed by atoms with Crippen molar-refractivity contribution in [2.45, 2.75) is 33.6 Å². The van der Waals surface area contributed by atoms with Crippen LogP contribution in [0.1, 0.15) is 33.6 Å². The van der Waals surface area contributed by atoms with E-state index in [2.05, 4.69) is 5.32 Å². The number of carbonyl (C=O) groups is 1. The van der Waals surface area contributed by atoms with Crippen molar-refractivity contribution in [1.82, 2.24) is 5.32 Å². The molecule has 1 N–H and O–H groups in total. The minimum Gasteiger partial charge on any atom is -0.505 e. The van der Waals surface area contributed by atoms with E-state index in [9.17, 15) is 4.79 Å². The fourth-order valence-electron chi connectivity index (χ4n) is 0.530. The third kappa shape index (κ3) is 6.95. The van der Waals surface area contributed by atoms with Crippen LogP contribution in [-0.2, 0) is 37.5 Å². The zero-order valence-electron chi connectivity index (χ0n) is 7.55. The molecule has 2 nitrogen and oxygen atoms in total. The number of rotatable bonds is 4. The predicted octanol–water partition coefficient (Wildman–Crippen LogP) is 1.72. The van der Waals surface area contributed by atoms with Gasteiger partial charge in [-0.25, -0.2) is 6.54 Å². The monoisotopic (exact) mass is 231 g/mol. The second-order valence-electron chi connectivity index (χ2n) is 2.43. The molecule has 0 aliphatic heterocycles. The molecule has 0 saturated heterocycles. The van der Waals surface area contributed by atoms with Gasteiger partial charge < -0.3 is 5.32 Å². The summed E-state index contributed by atoms with van der Waals surface area (Å²) in [5.74, 6) is 0.271. The Morgan fingerprint density at radius 3 is 2.45 bits per heavy atom. The van der Waals surface area contributed by atoms with Gasteiger partial charge in [0.2, 0.25) is 0 Å². The molecular weight excluding hydrogens is 215 g/mol. The Hall–Kier alpha value is 0.574. The first-order chi connectivity index (χ1) is 4.72. The maximum atomic E-state index is 11.0. The molecule has 0 bridgehead atoms. The summed E-state index contributed by atoms with van der Waals surface area (Å²) in [5, 5.41) is 2.72. The first-order valence-electron chi connectivity index (χ1n) is 3.84. The van der Waals surface area contributed by atoms with Crippen molar-refractivity contribution >= 4 is 5.91 Å². The molecule has 0 heterocycles. The van der Waals surface area contributed by atoms with Gasteiger partial charge in [0, 0.05) is 38.6 Å². The van der Waals surface area contributed by atoms with Gasteiger partial charge in [0.15, 0.2) is 5.91 Å². The maximum Gasteiger partial charge on any atom is 0.193 e. The molecule has 0 aliphatic carbocycles. The van der Waals surface area contributed by atoms with E-state index in [1.54, 1.807) is 6.54 Å². The average molecular weight is 231 g/mol. The minimum absolute atomic E-state index is 0. The van der Waals surface area contributed by atoms with E-state index in [-0.39, 0.29) is 44.5 Å². The van der Waals surface area contributed by atoms with Gasteiger partial charge in [0.05, 0.1) is 0 Å². The summed E-state index contributed by atoms with van der Waals surface area (Å²) in [4.78, 5) is 11.0. The summed E-state index contributed by atoms with van der Waals surface area (Å²) in [6.07, 6.45) is 1.80. The van der Waals surface area contributed by atoms with Crippen LogP contribution in [0.15, 0.2) is 0 Å². The summed E-state index contributed by atoms with van der Waals surface area (Å²) in [7, 11) is 0. The van der Waals surface area contributed by atoms with Crippen molar-refractivity contribution in [3.63, 3.8) is 0 Å². The predicted molar refractivity (Wildman–Crippen MR) is 42.2 cm³/mol. The molecule has 0 aliphatic rings. The molecule has 1 radical (unpaired) electrons. The Morgan fingerprint density at radius 2 is 2.09 bits per heavy atom. The van der Waals surface area contributed by atoms with Gasteiger partial charge in [-0.3, -0.25) is 4.79 Å². The van der Waals surface area contributed by atoms with Crippen LogP contribution >= 0.6 is 0 Å². The van der Waals surface area contributed by atoms with Crippen LogP contribution in [0.5, 0.6) is 0 Å². The van der Waals surface area contributed by atoms with Crippen LogP contribution in [0.2, 0.25) is 0 Å². The largest absolute Gasteiger partial charge is 0.505 e. The summed E-state index contributed by atoms with van der Waals surface area (Å²) < 4.78 is 0. The van der Waals surface area contributed by atoms with E-state index in [1.807, 2.05) is 20.8 Å². The van der Waals surface area contributed by atoms with Crippen LogP contribution in [-0.4, -0.2) is 5.91 Å². The number of hydrogen-bond acceptors (Lipinski definition) is 1. The van der Waals surface area contributed by atoms with Gasteiger partial charge >= 0.3 is 0 Å². The SMILES string of the molecule is CC[CH-]NC(=O)C(C)CC.[Y]. The Bertz CT molecular complexity index is 106. The van der Waals surface area contributed by atoms with E-state index < -0.39 is 0 Å². The first-order valence-corrected chi connectivity index (χ1v) is 3.84. The van der Waals surface area contributed by atoms with Gasteiger partial charge in [-0.1, -0.05) is 20.8 Å². The van der Waals surface area contributed by atoms with Crippen molar-refractivity contribution in [3.8, 4) is 0 Å². The van der Waals surface area contributed by atoms with E-state index >= 15 is 0 Å². The topological polar surface area (TPSA) is 29.1 Å². The third-order valence-corrected chi connectivity index (χ3v) is 1.51. The molecule has 1 unspecified atom stereocenters. The fraction of sp³-hybridized carbons (Fsp3) is 0.750. The average Bonchev–Trinajstić information content (AvgIpc) is 1.98. The van der Waals surface area contributed by atoms with Crippen LogP contribution < -0.4 is 5.32 Å². The molecule has 0 rings (SSSR count). The molecule has 0 fully saturated rings. The quantitative estimate of drug-likeness (QED) is 0.733. The molecule has 1 amide bonds. The van der Waals surface area contributed by atoms with Crippen molar-refractivity contribution in [3.05, 3.63) is 6.54 Å². The standard InChI is InChI=1S/C8H16NO.Y/c1-4-6-9-8(10)7(3)5-2;/h6-7H,4-5H2,1-3H3,(H,9,10);/q-1;. The van der Waals surface area contributed by atoms with Gasteiger partial charge in [-0.15, -0.1) is 0 Å². The Morgan fingerprint density at radius 1 is 1.55 bits per heavy atom. The van der Waals surface area contributed by atoms with Crippen LogP contribution in [0.3, 0.4) is 0 Å². The van der Waals surface area contributed by atoms with Crippen molar-refractivity contribution < 1.29 is 37.5 Å². The zero-order valence-corrected chi connectivity index (χ0v) is 10.4. The second kappa shape index (κ2) is 8.67. The zero-order chi connectivity index (χ0) is 7.98. The van der Waals surface area contributed by atoms with Gasteiger partial charge in [0.1, 0.15) is 0 Å². The van der Waals surface area contributed by atoms with Crippen LogP contribution in [0.4, 0.5) is 0 Å². The maximum absolute atomic E-state index is 11.0. The van der Waals surface area contributed by atoms with Crippen LogP contribution in [0, 0.1) is 12.5 Å². The summed E-state index contributed by atoms with van der Waals surface area (Å²) >= 11 is 0. The van der Waals surface area contributed by atoms with Gasteiger partial charge in [0.25, 0.3) is 0 Å². The molecular formula is C8H16NOY-. The molecule has 0 spiro atoms. The number of amides is 1. The normalized spacial score (nSPS) is 11.5. The summed E-state index contributed by atoms with van der Waals surface area (Å²) in [5.41, 5.74) is 0. The molecule has 3 heteroatoms. The summed E-state index contributed by atoms with van der Waals surface area (Å²) in [6, 6.07) is 0. The molecule has 0 aromatic heterocycles. The molecule has 11 heavy (non-hydrogen) atoms. The van der Waals surface area contributed by atoms with Crippen molar-refractivity contribution in [1.29, 1.82) is 0 Å². The third-order valence-electron chi connectivity index (χ3n) is 1.51. The Labute approximate surface area is 94.4 Å². The van der Waals surface area contributed by atoms with Crippen molar-refractivity contribution in [2.24, 2.45) is 5.92 Å². The molecule has 1 atom stereocenters. The molecule has 0 aromatic carbocycles. The number of hydrogen-bond donors (Lipinski definition) is 1. The molecule has 63 valence electrons. The Kier molecular flexibility index (Phi) is 11.1. The molecule has 0 aromatic rings. The smallest absolute Gasteiger partial charge is 0.193 e. The number of carbonyl (C=O) groups excluding carboxylic acids is 1.